The first-order valence-corrected chi connectivity index (χ1v) is 5.60. The Kier molecular flexibility index (Phi) is 2.97. The van der Waals surface area contributed by atoms with E-state index in [0.717, 1.165) is 23.9 Å². The molecule has 0 atom stereocenters. The van der Waals surface area contributed by atoms with Crippen molar-refractivity contribution in [3.8, 4) is 0 Å². The first kappa shape index (κ1) is 11.1. The van der Waals surface area contributed by atoms with Gasteiger partial charge in [-0.25, -0.2) is 4.39 Å². The lowest BCUT2D eigenvalue weighted by atomic mass is 10.1. The number of rotatable bonds is 3. The van der Waals surface area contributed by atoms with E-state index in [4.69, 9.17) is 5.73 Å². The minimum Gasteiger partial charge on any atom is -0.344 e. The van der Waals surface area contributed by atoms with Crippen LogP contribution in [-0.4, -0.2) is 11.1 Å². The monoisotopic (exact) mass is 220 g/mol. The summed E-state index contributed by atoms with van der Waals surface area (Å²) in [5.74, 6) is -0.181. The first-order chi connectivity index (χ1) is 7.65. The van der Waals surface area contributed by atoms with Crippen LogP contribution in [0.3, 0.4) is 0 Å². The highest BCUT2D eigenvalue weighted by Gasteiger charge is 2.10. The number of hydrogen-bond acceptors (Lipinski definition) is 1. The quantitative estimate of drug-likeness (QED) is 0.847. The van der Waals surface area contributed by atoms with Crippen molar-refractivity contribution < 1.29 is 4.39 Å². The van der Waals surface area contributed by atoms with Crippen molar-refractivity contribution in [2.45, 2.75) is 26.8 Å². The molecule has 2 aromatic rings. The van der Waals surface area contributed by atoms with E-state index in [0.29, 0.717) is 6.54 Å². The van der Waals surface area contributed by atoms with E-state index in [1.165, 1.54) is 17.3 Å². The predicted octanol–water partition coefficient (Wildman–Crippen LogP) is 2.75. The zero-order chi connectivity index (χ0) is 11.7. The number of aromatic nitrogens is 1. The fourth-order valence-electron chi connectivity index (χ4n) is 2.16. The molecule has 3 heteroatoms. The van der Waals surface area contributed by atoms with Crippen LogP contribution in [0.2, 0.25) is 0 Å². The highest BCUT2D eigenvalue weighted by atomic mass is 19.1. The van der Waals surface area contributed by atoms with Crippen LogP contribution in [0.25, 0.3) is 10.9 Å². The number of hydrogen-bond donors (Lipinski definition) is 1. The summed E-state index contributed by atoms with van der Waals surface area (Å²) in [5, 5.41) is 1.14. The van der Waals surface area contributed by atoms with Crippen LogP contribution in [-0.2, 0) is 6.54 Å². The van der Waals surface area contributed by atoms with Gasteiger partial charge >= 0.3 is 0 Å². The molecule has 16 heavy (non-hydrogen) atoms. The molecular weight excluding hydrogens is 203 g/mol. The average Bonchev–Trinajstić information content (AvgIpc) is 2.50. The van der Waals surface area contributed by atoms with Gasteiger partial charge in [0.1, 0.15) is 5.82 Å². The third-order valence-electron chi connectivity index (χ3n) is 3.19. The Morgan fingerprint density at radius 2 is 2.06 bits per heavy atom. The molecule has 1 aromatic heterocycles. The van der Waals surface area contributed by atoms with Crippen LogP contribution in [0.15, 0.2) is 18.2 Å². The van der Waals surface area contributed by atoms with Crippen LogP contribution in [0.5, 0.6) is 0 Å². The molecule has 86 valence electrons. The molecule has 2 rings (SSSR count). The summed E-state index contributed by atoms with van der Waals surface area (Å²) >= 11 is 0. The molecule has 0 bridgehead atoms. The number of benzene rings is 1. The maximum atomic E-state index is 13.2. The maximum absolute atomic E-state index is 13.2. The second kappa shape index (κ2) is 4.26. The van der Waals surface area contributed by atoms with Gasteiger partial charge in [0.05, 0.1) is 5.52 Å². The number of nitrogens with two attached hydrogens (primary N) is 1. The van der Waals surface area contributed by atoms with Crippen molar-refractivity contribution in [2.24, 2.45) is 5.73 Å². The molecule has 0 saturated heterocycles. The Morgan fingerprint density at radius 1 is 1.31 bits per heavy atom. The van der Waals surface area contributed by atoms with Crippen molar-refractivity contribution >= 4 is 10.9 Å². The van der Waals surface area contributed by atoms with Crippen molar-refractivity contribution in [1.82, 2.24) is 4.57 Å². The van der Waals surface area contributed by atoms with Crippen molar-refractivity contribution in [1.29, 1.82) is 0 Å². The average molecular weight is 220 g/mol. The van der Waals surface area contributed by atoms with Gasteiger partial charge in [0, 0.05) is 17.6 Å². The van der Waals surface area contributed by atoms with Crippen molar-refractivity contribution in [3.05, 3.63) is 35.3 Å². The van der Waals surface area contributed by atoms with E-state index in [-0.39, 0.29) is 5.82 Å². The lowest BCUT2D eigenvalue weighted by Gasteiger charge is -2.07. The summed E-state index contributed by atoms with van der Waals surface area (Å²) in [4.78, 5) is 0. The molecule has 0 aliphatic carbocycles. The molecule has 0 spiro atoms. The largest absolute Gasteiger partial charge is 0.344 e. The van der Waals surface area contributed by atoms with Gasteiger partial charge in [-0.1, -0.05) is 0 Å². The van der Waals surface area contributed by atoms with Crippen LogP contribution in [0, 0.1) is 19.7 Å². The normalized spacial score (nSPS) is 11.2. The maximum Gasteiger partial charge on any atom is 0.125 e. The topological polar surface area (TPSA) is 30.9 Å². The van der Waals surface area contributed by atoms with E-state index in [2.05, 4.69) is 18.4 Å². The molecule has 2 nitrogen and oxygen atoms in total. The summed E-state index contributed by atoms with van der Waals surface area (Å²) in [6.45, 7) is 5.67. The lowest BCUT2D eigenvalue weighted by molar-refractivity contribution is 0.624. The van der Waals surface area contributed by atoms with Gasteiger partial charge in [0.15, 0.2) is 0 Å². The second-order valence-corrected chi connectivity index (χ2v) is 4.17. The second-order valence-electron chi connectivity index (χ2n) is 4.17. The van der Waals surface area contributed by atoms with Crippen LogP contribution in [0.1, 0.15) is 17.7 Å². The first-order valence-electron chi connectivity index (χ1n) is 5.60. The number of aryl methyl sites for hydroxylation is 2. The summed E-state index contributed by atoms with van der Waals surface area (Å²) < 4.78 is 15.4. The van der Waals surface area contributed by atoms with Crippen LogP contribution >= 0.6 is 0 Å². The smallest absolute Gasteiger partial charge is 0.125 e. The molecule has 0 radical (unpaired) electrons. The number of halogens is 1. The molecule has 1 aromatic carbocycles. The minimum absolute atomic E-state index is 0.181. The summed E-state index contributed by atoms with van der Waals surface area (Å²) in [5.41, 5.74) is 8.93. The Morgan fingerprint density at radius 3 is 2.75 bits per heavy atom. The van der Waals surface area contributed by atoms with E-state index in [1.807, 2.05) is 6.07 Å². The zero-order valence-electron chi connectivity index (χ0n) is 9.76. The van der Waals surface area contributed by atoms with Crippen LogP contribution < -0.4 is 5.73 Å². The Labute approximate surface area is 94.9 Å². The highest BCUT2D eigenvalue weighted by Crippen LogP contribution is 2.25. The lowest BCUT2D eigenvalue weighted by Crippen LogP contribution is -2.07. The Bertz CT molecular complexity index is 514. The fourth-order valence-corrected chi connectivity index (χ4v) is 2.16. The molecule has 0 aliphatic heterocycles. The SMILES string of the molecule is Cc1c(C)n(CCCN)c2cc(F)ccc12. The standard InChI is InChI=1S/C13H17FN2/c1-9-10(2)16(7-3-6-15)13-8-11(14)4-5-12(9)13/h4-5,8H,3,6-7,15H2,1-2H3. The van der Waals surface area contributed by atoms with E-state index in [9.17, 15) is 4.39 Å². The van der Waals surface area contributed by atoms with Gasteiger partial charge in [-0.3, -0.25) is 0 Å². The zero-order valence-corrected chi connectivity index (χ0v) is 9.76. The van der Waals surface area contributed by atoms with Gasteiger partial charge in [-0.05, 0) is 50.6 Å². The van der Waals surface area contributed by atoms with Crippen molar-refractivity contribution in [2.75, 3.05) is 6.54 Å². The Balaban J connectivity index is 2.61. The van der Waals surface area contributed by atoms with Gasteiger partial charge in [-0.15, -0.1) is 0 Å². The summed E-state index contributed by atoms with van der Waals surface area (Å²) in [6, 6.07) is 4.97. The highest BCUT2D eigenvalue weighted by molar-refractivity contribution is 5.85. The minimum atomic E-state index is -0.181. The van der Waals surface area contributed by atoms with Crippen LogP contribution in [0.4, 0.5) is 4.39 Å². The number of nitrogens with zero attached hydrogens (tertiary/aromatic N) is 1. The molecule has 0 unspecified atom stereocenters. The van der Waals surface area contributed by atoms with Gasteiger partial charge in [-0.2, -0.15) is 0 Å². The molecule has 0 fully saturated rings. The number of fused-ring (bicyclic) bond motifs is 1. The molecule has 2 N–H and O–H groups in total. The Hall–Kier alpha value is -1.35. The summed E-state index contributed by atoms with van der Waals surface area (Å²) in [6.07, 6.45) is 0.917. The molecule has 1 heterocycles. The fraction of sp³-hybridized carbons (Fsp3) is 0.385. The van der Waals surface area contributed by atoms with E-state index in [1.54, 1.807) is 6.07 Å². The molecule has 0 aliphatic rings. The molecule has 0 saturated carbocycles. The molecular formula is C13H17FN2. The molecule has 0 amide bonds. The predicted molar refractivity (Wildman–Crippen MR) is 65.0 cm³/mol. The third-order valence-corrected chi connectivity index (χ3v) is 3.19. The van der Waals surface area contributed by atoms with Crippen molar-refractivity contribution in [3.63, 3.8) is 0 Å². The van der Waals surface area contributed by atoms with Gasteiger partial charge < -0.3 is 10.3 Å². The third kappa shape index (κ3) is 1.71. The van der Waals surface area contributed by atoms with E-state index < -0.39 is 0 Å². The summed E-state index contributed by atoms with van der Waals surface area (Å²) in [7, 11) is 0. The van der Waals surface area contributed by atoms with E-state index >= 15 is 0 Å². The van der Waals surface area contributed by atoms with Gasteiger partial charge in [0.2, 0.25) is 0 Å². The van der Waals surface area contributed by atoms with Gasteiger partial charge in [0.25, 0.3) is 0 Å².